The van der Waals surface area contributed by atoms with Crippen LogP contribution in [-0.2, 0) is 9.47 Å². The molecule has 0 aromatic carbocycles. The molecule has 43 heavy (non-hydrogen) atoms. The van der Waals surface area contributed by atoms with E-state index in [1.807, 2.05) is 0 Å². The monoisotopic (exact) mass is 603 g/mol. The lowest BCUT2D eigenvalue weighted by molar-refractivity contribution is 0.0763. The molecule has 4 saturated carbocycles. The Labute approximate surface area is 271 Å². The number of rotatable bonds is 17. The number of hydrogen-bond donors (Lipinski definition) is 0. The molecule has 0 saturated heterocycles. The standard InChI is InChI=1S/C21H40O.C20H38O/c1-3-5-18-6-8-19(9-7-18)10-11-20-12-14-21(15-13-20)17-22-16-4-2;1-3-5-17-6-8-18(9-7-17)10-11-19-12-14-20(15-13-19)16-21-4-2/h18-21H,3-17H2,1-2H3;17-20H,3-16H2,1-2H3. The molecule has 0 atom stereocenters. The lowest BCUT2D eigenvalue weighted by Crippen LogP contribution is -2.20. The van der Waals surface area contributed by atoms with Crippen LogP contribution in [0, 0.1) is 47.3 Å². The van der Waals surface area contributed by atoms with Crippen molar-refractivity contribution < 1.29 is 9.47 Å². The van der Waals surface area contributed by atoms with E-state index in [9.17, 15) is 0 Å². The van der Waals surface area contributed by atoms with Crippen LogP contribution in [0.25, 0.3) is 0 Å². The molecule has 0 aliphatic heterocycles. The van der Waals surface area contributed by atoms with E-state index >= 15 is 0 Å². The van der Waals surface area contributed by atoms with Crippen molar-refractivity contribution in [2.45, 2.75) is 188 Å². The van der Waals surface area contributed by atoms with E-state index < -0.39 is 0 Å². The fourth-order valence-corrected chi connectivity index (χ4v) is 9.43. The number of hydrogen-bond acceptors (Lipinski definition) is 2. The minimum absolute atomic E-state index is 0.866. The first-order valence-corrected chi connectivity index (χ1v) is 20.3. The Morgan fingerprint density at radius 1 is 0.326 bits per heavy atom. The van der Waals surface area contributed by atoms with Gasteiger partial charge in [-0.15, -0.1) is 0 Å². The Bertz CT molecular complexity index is 616. The third-order valence-electron chi connectivity index (χ3n) is 12.5. The predicted octanol–water partition coefficient (Wildman–Crippen LogP) is 12.8. The third kappa shape index (κ3) is 15.9. The normalized spacial score (nSPS) is 33.5. The van der Waals surface area contributed by atoms with Crippen LogP contribution < -0.4 is 0 Å². The highest BCUT2D eigenvalue weighted by Gasteiger charge is 2.26. The molecule has 4 aliphatic rings. The topological polar surface area (TPSA) is 18.5 Å². The van der Waals surface area contributed by atoms with Gasteiger partial charge in [0.2, 0.25) is 0 Å². The van der Waals surface area contributed by atoms with Gasteiger partial charge in [0.25, 0.3) is 0 Å². The molecule has 0 bridgehead atoms. The van der Waals surface area contributed by atoms with Crippen LogP contribution in [0.3, 0.4) is 0 Å². The largest absolute Gasteiger partial charge is 0.381 e. The van der Waals surface area contributed by atoms with Gasteiger partial charge in [-0.05, 0) is 86.4 Å². The van der Waals surface area contributed by atoms with Crippen molar-refractivity contribution in [3.05, 3.63) is 0 Å². The second kappa shape index (κ2) is 23.3. The zero-order chi connectivity index (χ0) is 30.5. The molecule has 0 spiro atoms. The summed E-state index contributed by atoms with van der Waals surface area (Å²) in [7, 11) is 0. The lowest BCUT2D eigenvalue weighted by Gasteiger charge is -2.32. The number of ether oxygens (including phenoxy) is 2. The maximum atomic E-state index is 5.74. The summed E-state index contributed by atoms with van der Waals surface area (Å²) in [5.74, 6) is 8.09. The van der Waals surface area contributed by atoms with Gasteiger partial charge in [0, 0.05) is 26.4 Å². The summed E-state index contributed by atoms with van der Waals surface area (Å²) in [5.41, 5.74) is 0. The van der Waals surface area contributed by atoms with Crippen molar-refractivity contribution in [1.29, 1.82) is 0 Å². The SMILES string of the molecule is CCCC1CCC(CCC2CCC(COCC)CC2)CC1.CCCOCC1CCC(CCC2CCC(CCC)CC2)CC1. The van der Waals surface area contributed by atoms with Crippen molar-refractivity contribution in [3.8, 4) is 0 Å². The molecular weight excluding hydrogens is 524 g/mol. The van der Waals surface area contributed by atoms with Crippen LogP contribution in [0.4, 0.5) is 0 Å². The molecule has 2 heteroatoms. The van der Waals surface area contributed by atoms with Gasteiger partial charge in [0.05, 0.1) is 0 Å². The van der Waals surface area contributed by atoms with Gasteiger partial charge in [0.15, 0.2) is 0 Å². The molecule has 4 aliphatic carbocycles. The minimum Gasteiger partial charge on any atom is -0.381 e. The fourth-order valence-electron chi connectivity index (χ4n) is 9.43. The van der Waals surface area contributed by atoms with Crippen molar-refractivity contribution in [1.82, 2.24) is 0 Å². The average molecular weight is 603 g/mol. The fraction of sp³-hybridized carbons (Fsp3) is 1.00. The van der Waals surface area contributed by atoms with E-state index in [0.717, 1.165) is 80.2 Å². The molecule has 0 N–H and O–H groups in total. The summed E-state index contributed by atoms with van der Waals surface area (Å²) < 4.78 is 11.3. The Hall–Kier alpha value is -0.0800. The molecule has 0 amide bonds. The third-order valence-corrected chi connectivity index (χ3v) is 12.5. The Balaban J connectivity index is 0.000000236. The Morgan fingerprint density at radius 3 is 0.884 bits per heavy atom. The molecule has 0 aromatic heterocycles. The van der Waals surface area contributed by atoms with Crippen LogP contribution in [0.5, 0.6) is 0 Å². The van der Waals surface area contributed by atoms with Crippen LogP contribution in [0.1, 0.15) is 188 Å². The summed E-state index contributed by atoms with van der Waals surface area (Å²) in [6, 6.07) is 0. The Kier molecular flexibility index (Phi) is 20.2. The van der Waals surface area contributed by atoms with Gasteiger partial charge in [0.1, 0.15) is 0 Å². The molecule has 4 rings (SSSR count). The van der Waals surface area contributed by atoms with Crippen molar-refractivity contribution >= 4 is 0 Å². The van der Waals surface area contributed by atoms with Gasteiger partial charge >= 0.3 is 0 Å². The van der Waals surface area contributed by atoms with Crippen LogP contribution >= 0.6 is 0 Å². The summed E-state index contributed by atoms with van der Waals surface area (Å²) in [6.45, 7) is 12.9. The lowest BCUT2D eigenvalue weighted by atomic mass is 9.75. The van der Waals surface area contributed by atoms with E-state index in [2.05, 4.69) is 27.7 Å². The molecule has 0 unspecified atom stereocenters. The smallest absolute Gasteiger partial charge is 0.0494 e. The predicted molar refractivity (Wildman–Crippen MR) is 188 cm³/mol. The minimum atomic E-state index is 0.866. The molecule has 0 heterocycles. The van der Waals surface area contributed by atoms with Gasteiger partial charge in [-0.2, -0.15) is 0 Å². The highest BCUT2D eigenvalue weighted by atomic mass is 16.5. The van der Waals surface area contributed by atoms with Gasteiger partial charge in [-0.1, -0.05) is 149 Å². The van der Waals surface area contributed by atoms with Crippen LogP contribution in [0.15, 0.2) is 0 Å². The summed E-state index contributed by atoms with van der Waals surface area (Å²) in [4.78, 5) is 0. The quantitative estimate of drug-likeness (QED) is 0.154. The average Bonchev–Trinajstić information content (AvgIpc) is 3.05. The highest BCUT2D eigenvalue weighted by Crippen LogP contribution is 2.39. The summed E-state index contributed by atoms with van der Waals surface area (Å²) in [6.07, 6.45) is 36.9. The van der Waals surface area contributed by atoms with Gasteiger partial charge < -0.3 is 9.47 Å². The van der Waals surface area contributed by atoms with Crippen molar-refractivity contribution in [2.75, 3.05) is 26.4 Å². The molecule has 0 aromatic rings. The first kappa shape index (κ1) is 37.4. The van der Waals surface area contributed by atoms with Crippen molar-refractivity contribution in [3.63, 3.8) is 0 Å². The second-order valence-corrected chi connectivity index (χ2v) is 16.0. The maximum absolute atomic E-state index is 5.74. The second-order valence-electron chi connectivity index (χ2n) is 16.0. The first-order valence-electron chi connectivity index (χ1n) is 20.3. The van der Waals surface area contributed by atoms with Crippen LogP contribution in [-0.4, -0.2) is 26.4 Å². The highest BCUT2D eigenvalue weighted by molar-refractivity contribution is 4.78. The zero-order valence-corrected chi connectivity index (χ0v) is 29.9. The van der Waals surface area contributed by atoms with E-state index in [1.165, 1.54) is 154 Å². The maximum Gasteiger partial charge on any atom is 0.0494 e. The zero-order valence-electron chi connectivity index (χ0n) is 29.9. The molecular formula is C41H78O2. The molecule has 0 radical (unpaired) electrons. The molecule has 2 nitrogen and oxygen atoms in total. The van der Waals surface area contributed by atoms with E-state index in [4.69, 9.17) is 9.47 Å². The molecule has 4 fully saturated rings. The molecule has 254 valence electrons. The van der Waals surface area contributed by atoms with E-state index in [-0.39, 0.29) is 0 Å². The Morgan fingerprint density at radius 2 is 0.605 bits per heavy atom. The van der Waals surface area contributed by atoms with Gasteiger partial charge in [-0.3, -0.25) is 0 Å². The summed E-state index contributed by atoms with van der Waals surface area (Å²) in [5, 5.41) is 0. The van der Waals surface area contributed by atoms with Gasteiger partial charge in [-0.25, -0.2) is 0 Å². The van der Waals surface area contributed by atoms with Crippen molar-refractivity contribution in [2.24, 2.45) is 47.3 Å². The van der Waals surface area contributed by atoms with E-state index in [0.29, 0.717) is 0 Å². The van der Waals surface area contributed by atoms with Crippen LogP contribution in [0.2, 0.25) is 0 Å². The first-order chi connectivity index (χ1) is 21.1. The summed E-state index contributed by atoms with van der Waals surface area (Å²) >= 11 is 0. The van der Waals surface area contributed by atoms with E-state index in [1.54, 1.807) is 0 Å².